The number of hydrogen-bond acceptors (Lipinski definition) is 4. The van der Waals surface area contributed by atoms with Crippen molar-refractivity contribution in [1.82, 2.24) is 13.3 Å². The minimum atomic E-state index is -0.467. The lowest BCUT2D eigenvalue weighted by molar-refractivity contribution is 0.794. The van der Waals surface area contributed by atoms with E-state index in [1.54, 1.807) is 0 Å². The van der Waals surface area contributed by atoms with Crippen molar-refractivity contribution >= 4 is 61.6 Å². The maximum atomic E-state index is 5.22. The van der Waals surface area contributed by atoms with Gasteiger partial charge in [0.25, 0.3) is 0 Å². The molecule has 6 aliphatic rings. The van der Waals surface area contributed by atoms with Crippen LogP contribution in [-0.2, 0) is 16.2 Å². The normalized spacial score (nSPS) is 13.9. The van der Waals surface area contributed by atoms with Crippen LogP contribution < -0.4 is 4.90 Å². The molecule has 0 radical (unpaired) electrons. The number of fused-ring (bicyclic) bond motifs is 34. The molecule has 0 N–H and O–H groups in total. The summed E-state index contributed by atoms with van der Waals surface area (Å²) in [6.07, 6.45) is 0. The topological polar surface area (TPSA) is 34.0 Å². The molecule has 4 nitrogen and oxygen atoms in total. The lowest BCUT2D eigenvalue weighted by atomic mass is 9.70. The van der Waals surface area contributed by atoms with Crippen molar-refractivity contribution in [3.63, 3.8) is 0 Å². The molecular weight excluding hydrogens is 1490 g/mol. The molecule has 6 aliphatic carbocycles. The molecule has 2 aromatic heterocycles. The predicted octanol–water partition coefficient (Wildman–Crippen LogP) is 29.6. The molecule has 27 rings (SSSR count). The van der Waals surface area contributed by atoms with Crippen LogP contribution >= 0.6 is 11.7 Å². The maximum Gasteiger partial charge on any atom is 0.129 e. The second-order valence-electron chi connectivity index (χ2n) is 33.7. The molecule has 0 atom stereocenters. The molecular formula is C117H70N4S. The molecule has 0 bridgehead atoms. The van der Waals surface area contributed by atoms with Crippen LogP contribution in [0.3, 0.4) is 0 Å². The van der Waals surface area contributed by atoms with E-state index in [2.05, 4.69) is 434 Å². The molecule has 0 unspecified atom stereocenters. The lowest BCUT2D eigenvalue weighted by Crippen LogP contribution is -2.25. The van der Waals surface area contributed by atoms with Gasteiger partial charge in [-0.15, -0.1) is 0 Å². The van der Waals surface area contributed by atoms with Crippen LogP contribution in [0.5, 0.6) is 0 Å². The van der Waals surface area contributed by atoms with Crippen LogP contribution in [-0.4, -0.2) is 13.3 Å². The minimum absolute atomic E-state index is 0.436. The molecule has 3 spiro atoms. The van der Waals surface area contributed by atoms with E-state index in [0.717, 1.165) is 67.1 Å². The smallest absolute Gasteiger partial charge is 0.129 e. The molecule has 0 saturated heterocycles. The molecule has 564 valence electrons. The van der Waals surface area contributed by atoms with Crippen LogP contribution in [0.25, 0.3) is 161 Å². The van der Waals surface area contributed by atoms with Gasteiger partial charge in [-0.1, -0.05) is 334 Å². The second kappa shape index (κ2) is 25.3. The standard InChI is InChI=1S/C117H70N4S/c1-2-22-71(23-3-1)72-42-53-80(54-43-72)120(81-55-44-73(45-56-81)77-48-59-93-90-30-10-19-39-104(90)115(107(93)68-77)98-33-13-4-24-84(98)85-25-5-14-34-99(85)115)112-65-62-83(113-114(112)119-122-118-113)74-46-57-82(58-47-74)121-110-63-51-75(78-49-60-94-91-31-11-20-40-105(91)116(108(94)69-78)100-35-15-6-26-86(100)87-27-7-16-36-101(87)116)66-96(110)97-67-76(52-64-111(97)121)79-50-61-95-92-32-12-21-41-106(92)117(109(95)70-79)102-37-17-8-28-88(102)89-29-9-18-38-103(89)117/h1-70H. The largest absolute Gasteiger partial charge is 0.309 e. The maximum absolute atomic E-state index is 5.22. The van der Waals surface area contributed by atoms with Gasteiger partial charge in [-0.3, -0.25) is 0 Å². The number of nitrogens with zero attached hydrogens (tertiary/aromatic N) is 4. The summed E-state index contributed by atoms with van der Waals surface area (Å²) >= 11 is 1.26. The third-order valence-electron chi connectivity index (χ3n) is 28.2. The summed E-state index contributed by atoms with van der Waals surface area (Å²) in [5.41, 5.74) is 49.7. The van der Waals surface area contributed by atoms with Gasteiger partial charge < -0.3 is 9.47 Å². The van der Waals surface area contributed by atoms with Crippen molar-refractivity contribution < 1.29 is 0 Å². The van der Waals surface area contributed by atoms with E-state index in [1.807, 2.05) is 0 Å². The van der Waals surface area contributed by atoms with Gasteiger partial charge in [0.15, 0.2) is 0 Å². The van der Waals surface area contributed by atoms with Gasteiger partial charge in [0, 0.05) is 33.4 Å². The Balaban J connectivity index is 0.585. The Morgan fingerprint density at radius 3 is 0.820 bits per heavy atom. The Labute approximate surface area is 710 Å². The van der Waals surface area contributed by atoms with Gasteiger partial charge in [0.2, 0.25) is 0 Å². The molecule has 19 aromatic carbocycles. The van der Waals surface area contributed by atoms with Crippen LogP contribution in [0.15, 0.2) is 425 Å². The van der Waals surface area contributed by atoms with E-state index in [4.69, 9.17) is 8.75 Å². The fourth-order valence-electron chi connectivity index (χ4n) is 23.2. The van der Waals surface area contributed by atoms with Gasteiger partial charge in [0.1, 0.15) is 11.0 Å². The van der Waals surface area contributed by atoms with Gasteiger partial charge >= 0.3 is 0 Å². The summed E-state index contributed by atoms with van der Waals surface area (Å²) in [5, 5.41) is 2.37. The van der Waals surface area contributed by atoms with E-state index in [1.165, 1.54) is 189 Å². The minimum Gasteiger partial charge on any atom is -0.309 e. The number of rotatable bonds is 9. The molecule has 0 amide bonds. The Kier molecular flexibility index (Phi) is 14.0. The zero-order valence-corrected chi connectivity index (χ0v) is 66.9. The van der Waals surface area contributed by atoms with E-state index in [-0.39, 0.29) is 0 Å². The number of benzene rings is 19. The number of anilines is 3. The average Bonchev–Trinajstić information content (AvgIpc) is 1.52. The van der Waals surface area contributed by atoms with Gasteiger partial charge in [0.05, 0.1) is 44.7 Å². The molecule has 0 saturated carbocycles. The van der Waals surface area contributed by atoms with Crippen LogP contribution in [0.4, 0.5) is 17.1 Å². The number of hydrogen-bond donors (Lipinski definition) is 0. The van der Waals surface area contributed by atoms with E-state index in [0.29, 0.717) is 0 Å². The Bertz CT molecular complexity index is 7640. The van der Waals surface area contributed by atoms with E-state index >= 15 is 0 Å². The first kappa shape index (κ1) is 67.6. The SMILES string of the molecule is c1ccc(-c2ccc(N(c3ccc(-c4ccc5c(c4)C4(c6ccccc6-c6ccccc64)c4ccccc4-5)cc3)c3ccc(-c4ccc(-n5c6ccc(-c7ccc8c(c7)C7(c9ccccc9-c9ccccc97)c7ccccc7-8)cc6c6cc(-c7ccc8c(c7)C7(c9ccccc9-c9ccccc97)c7ccccc7-8)ccc65)cc4)c4nsnc34)cc2)cc1. The third kappa shape index (κ3) is 8.98. The molecule has 21 aromatic rings. The van der Waals surface area contributed by atoms with Crippen molar-refractivity contribution in [3.8, 4) is 128 Å². The van der Waals surface area contributed by atoms with Gasteiger partial charge in [-0.05, 0) is 275 Å². The van der Waals surface area contributed by atoms with Crippen LogP contribution in [0, 0.1) is 0 Å². The summed E-state index contributed by atoms with van der Waals surface area (Å²) in [6, 6.07) is 160. The van der Waals surface area contributed by atoms with E-state index in [9.17, 15) is 0 Å². The lowest BCUT2D eigenvalue weighted by Gasteiger charge is -2.30. The number of aromatic nitrogens is 3. The van der Waals surface area contributed by atoms with Crippen molar-refractivity contribution in [2.24, 2.45) is 0 Å². The molecule has 2 heterocycles. The fraction of sp³-hybridized carbons (Fsp3) is 0.0256. The predicted molar refractivity (Wildman–Crippen MR) is 503 cm³/mol. The molecule has 0 fully saturated rings. The Morgan fingerprint density at radius 1 is 0.197 bits per heavy atom. The summed E-state index contributed by atoms with van der Waals surface area (Å²) in [4.78, 5) is 2.36. The summed E-state index contributed by atoms with van der Waals surface area (Å²) < 4.78 is 12.9. The summed E-state index contributed by atoms with van der Waals surface area (Å²) in [5.74, 6) is 0. The zero-order chi connectivity index (χ0) is 79.7. The highest BCUT2D eigenvalue weighted by atomic mass is 32.1. The zero-order valence-electron chi connectivity index (χ0n) is 66.1. The van der Waals surface area contributed by atoms with Crippen molar-refractivity contribution in [3.05, 3.63) is 491 Å². The monoisotopic (exact) mass is 1560 g/mol. The fourth-order valence-corrected chi connectivity index (χ4v) is 23.8. The van der Waals surface area contributed by atoms with Crippen LogP contribution in [0.2, 0.25) is 0 Å². The van der Waals surface area contributed by atoms with Crippen LogP contribution in [0.1, 0.15) is 66.8 Å². The third-order valence-corrected chi connectivity index (χ3v) is 28.7. The highest BCUT2D eigenvalue weighted by molar-refractivity contribution is 7.00. The second-order valence-corrected chi connectivity index (χ2v) is 34.2. The highest BCUT2D eigenvalue weighted by Crippen LogP contribution is 2.67. The molecule has 5 heteroatoms. The van der Waals surface area contributed by atoms with Crippen molar-refractivity contribution in [1.29, 1.82) is 0 Å². The molecule has 122 heavy (non-hydrogen) atoms. The Hall–Kier alpha value is -15.4. The summed E-state index contributed by atoms with van der Waals surface area (Å²) in [6.45, 7) is 0. The highest BCUT2D eigenvalue weighted by Gasteiger charge is 2.55. The quantitative estimate of drug-likeness (QED) is 0.144. The van der Waals surface area contributed by atoms with Crippen molar-refractivity contribution in [2.45, 2.75) is 16.2 Å². The Morgan fingerprint density at radius 2 is 0.459 bits per heavy atom. The van der Waals surface area contributed by atoms with Crippen molar-refractivity contribution in [2.75, 3.05) is 4.90 Å². The first-order chi connectivity index (χ1) is 60.5. The van der Waals surface area contributed by atoms with E-state index < -0.39 is 16.2 Å². The molecule has 0 aliphatic heterocycles. The first-order valence-corrected chi connectivity index (χ1v) is 43.1. The van der Waals surface area contributed by atoms with Gasteiger partial charge in [-0.25, -0.2) is 0 Å². The average molecular weight is 1560 g/mol. The summed E-state index contributed by atoms with van der Waals surface area (Å²) in [7, 11) is 0. The van der Waals surface area contributed by atoms with Gasteiger partial charge in [-0.2, -0.15) is 8.75 Å². The first-order valence-electron chi connectivity index (χ1n) is 42.3.